The second-order valence-electron chi connectivity index (χ2n) is 17.3. The fourth-order valence-electron chi connectivity index (χ4n) is 8.00. The van der Waals surface area contributed by atoms with Gasteiger partial charge in [-0.1, -0.05) is 0 Å². The van der Waals surface area contributed by atoms with E-state index in [1.807, 2.05) is 0 Å². The van der Waals surface area contributed by atoms with Crippen molar-refractivity contribution < 1.29 is 71.5 Å². The lowest BCUT2D eigenvalue weighted by Crippen LogP contribution is -2.36. The van der Waals surface area contributed by atoms with Crippen LogP contribution in [0.25, 0.3) is 0 Å². The molecule has 17 heteroatoms. The summed E-state index contributed by atoms with van der Waals surface area (Å²) in [6, 6.07) is 0. The second-order valence-corrected chi connectivity index (χ2v) is 18.2. The van der Waals surface area contributed by atoms with Crippen LogP contribution in [0.1, 0.15) is 105 Å². The quantitative estimate of drug-likeness (QED) is 0.134. The molecule has 0 aliphatic carbocycles. The Balaban J connectivity index is 1.52. The first kappa shape index (κ1) is 37.9. The van der Waals surface area contributed by atoms with Gasteiger partial charge in [-0.3, -0.25) is 4.79 Å². The van der Waals surface area contributed by atoms with E-state index in [2.05, 4.69) is 0 Å². The number of carbonyl (C=O) groups is 1. The summed E-state index contributed by atoms with van der Waals surface area (Å²) in [6.45, 7) is 20.4. The average molecular weight is 829 g/mol. The Morgan fingerprint density at radius 3 is 0.912 bits per heavy atom. The maximum absolute atomic E-state index is 14.8. The molecule has 15 nitrogen and oxygen atoms in total. The molecule has 0 spiro atoms. The fraction of sp³-hybridized carbons (Fsp3) is 0.525. The molecule has 0 saturated carbocycles. The van der Waals surface area contributed by atoms with Crippen molar-refractivity contribution in [2.24, 2.45) is 0 Å². The summed E-state index contributed by atoms with van der Waals surface area (Å²) in [6.07, 6.45) is -0.302. The van der Waals surface area contributed by atoms with Crippen LogP contribution < -0.4 is 56.8 Å². The number of hydrogen-bond donors (Lipinski definition) is 3. The molecule has 0 saturated heterocycles. The smallest absolute Gasteiger partial charge is 0.310 e. The number of aliphatic hydroxyl groups is 1. The number of methoxy groups -OCH3 is 1. The van der Waals surface area contributed by atoms with Crippen molar-refractivity contribution in [2.75, 3.05) is 7.11 Å². The van der Waals surface area contributed by atoms with Crippen molar-refractivity contribution in [3.63, 3.8) is 0 Å². The molecular weight excluding hydrogens is 785 g/mol. The molecule has 6 heterocycles. The minimum Gasteiger partial charge on any atom is -0.469 e. The summed E-state index contributed by atoms with van der Waals surface area (Å²) in [5.74, 6) is -7.49. The van der Waals surface area contributed by atoms with Gasteiger partial charge in [0.2, 0.25) is 34.7 Å². The van der Waals surface area contributed by atoms with Gasteiger partial charge < -0.3 is 66.7 Å². The van der Waals surface area contributed by atoms with E-state index in [-0.39, 0.29) is 107 Å². The van der Waals surface area contributed by atoms with Crippen LogP contribution in [-0.4, -0.2) is 52.9 Å². The van der Waals surface area contributed by atoms with Gasteiger partial charge in [0.1, 0.15) is 0 Å². The van der Waals surface area contributed by atoms with E-state index in [0.717, 1.165) is 0 Å². The lowest BCUT2D eigenvalue weighted by molar-refractivity contribution is -0.140. The molecule has 57 heavy (non-hydrogen) atoms. The first-order valence-electron chi connectivity index (χ1n) is 18.3. The van der Waals surface area contributed by atoms with Crippen molar-refractivity contribution in [3.8, 4) is 69.0 Å². The molecule has 0 radical (unpaired) electrons. The minimum atomic E-state index is -2.63. The molecule has 0 aromatic heterocycles. The van der Waals surface area contributed by atoms with Gasteiger partial charge in [0.15, 0.2) is 74.6 Å². The van der Waals surface area contributed by atoms with Crippen LogP contribution in [0.2, 0.25) is 0 Å². The summed E-state index contributed by atoms with van der Waals surface area (Å²) >= 11 is 9.72. The van der Waals surface area contributed by atoms with Crippen LogP contribution in [0.15, 0.2) is 9.79 Å². The molecule has 1 N–H and O–H groups in total. The third kappa shape index (κ3) is 5.47. The number of hydrogen-bond acceptors (Lipinski definition) is 17. The first-order chi connectivity index (χ1) is 26.2. The lowest BCUT2D eigenvalue weighted by Gasteiger charge is -2.35. The monoisotopic (exact) mass is 828 g/mol. The van der Waals surface area contributed by atoms with E-state index in [1.54, 1.807) is 83.1 Å². The van der Waals surface area contributed by atoms with E-state index in [4.69, 9.17) is 86.8 Å². The number of rotatable bonds is 5. The normalized spacial score (nSPS) is 21.5. The van der Waals surface area contributed by atoms with Gasteiger partial charge >= 0.3 is 5.97 Å². The Kier molecular flexibility index (Phi) is 7.39. The number of benzene rings is 3. The van der Waals surface area contributed by atoms with Gasteiger partial charge in [0.05, 0.1) is 45.6 Å². The predicted molar refractivity (Wildman–Crippen MR) is 204 cm³/mol. The summed E-state index contributed by atoms with van der Waals surface area (Å²) in [5, 5.41) is 14.8. The summed E-state index contributed by atoms with van der Waals surface area (Å²) < 4.78 is 83.4. The molecule has 6 aliphatic heterocycles. The molecule has 9 rings (SSSR count). The Hall–Kier alpha value is -4.61. The van der Waals surface area contributed by atoms with Gasteiger partial charge in [-0.05, 0) is 0 Å². The van der Waals surface area contributed by atoms with Crippen LogP contribution in [-0.2, 0) is 21.6 Å². The summed E-state index contributed by atoms with van der Waals surface area (Å²) in [5.41, 5.74) is -2.50. The number of thiol groups is 2. The molecule has 0 bridgehead atoms. The van der Waals surface area contributed by atoms with Crippen LogP contribution in [0.5, 0.6) is 69.0 Å². The van der Waals surface area contributed by atoms with Crippen molar-refractivity contribution >= 4 is 31.2 Å². The Labute approximate surface area is 339 Å². The van der Waals surface area contributed by atoms with E-state index in [1.165, 1.54) is 7.11 Å². The third-order valence-electron chi connectivity index (χ3n) is 9.82. The van der Waals surface area contributed by atoms with Crippen LogP contribution in [0.4, 0.5) is 0 Å². The lowest BCUT2D eigenvalue weighted by atomic mass is 9.76. The maximum Gasteiger partial charge on any atom is 0.310 e. The zero-order chi connectivity index (χ0) is 41.4. The Morgan fingerprint density at radius 2 is 0.667 bits per heavy atom. The van der Waals surface area contributed by atoms with Crippen LogP contribution in [0.3, 0.4) is 0 Å². The third-order valence-corrected chi connectivity index (χ3v) is 10.6. The molecule has 6 aliphatic rings. The summed E-state index contributed by atoms with van der Waals surface area (Å²) in [7, 11) is 1.28. The van der Waals surface area contributed by atoms with Crippen LogP contribution >= 0.6 is 25.3 Å². The zero-order valence-electron chi connectivity index (χ0n) is 33.8. The number of esters is 1. The first-order valence-corrected chi connectivity index (χ1v) is 19.2. The predicted octanol–water partition coefficient (Wildman–Crippen LogP) is 7.31. The molecule has 0 amide bonds. The van der Waals surface area contributed by atoms with Crippen molar-refractivity contribution in [2.45, 2.75) is 140 Å². The average Bonchev–Trinajstić information content (AvgIpc) is 3.88. The SMILES string of the molecule is COC(=O)Cc1c2c(c(C(O)(c3c4c(c(S)c5c3OC(C)(C)O5)OC(C)(C)O4)c3c4c(c(S)c5c3OC(C)(C)O5)OC(C)(C)O4)c3c1OC(C)(C)O3)OC(C)(C)O2. The van der Waals surface area contributed by atoms with E-state index < -0.39 is 46.3 Å². The Morgan fingerprint density at radius 1 is 0.456 bits per heavy atom. The number of carbonyl (C=O) groups excluding carboxylic acids is 1. The highest BCUT2D eigenvalue weighted by Crippen LogP contribution is 2.71. The molecule has 3 aromatic carbocycles. The molecular formula is C40H44O15S2. The summed E-state index contributed by atoms with van der Waals surface area (Å²) in [4.78, 5) is 13.6. The standard InChI is InChI=1S/C40H44O15S2/c1-34(2)44-20-15(14-16(41)43-13)21-23(47-35(3,4)45-21)17(22(20)46-34)40(42,18-24-28(52-36(5,6)48-24)32(56)29-25(18)49-37(7,8)53-29)19-26-30(54-38(9,10)50-26)33(57)31-27(19)51-39(11,12)55-31/h42,56-57H,14H2,1-13H3. The highest BCUT2D eigenvalue weighted by atomic mass is 32.1. The van der Waals surface area contributed by atoms with Gasteiger partial charge in [0, 0.05) is 83.1 Å². The second kappa shape index (κ2) is 11.1. The largest absolute Gasteiger partial charge is 0.469 e. The van der Waals surface area contributed by atoms with Crippen molar-refractivity contribution in [1.82, 2.24) is 0 Å². The zero-order valence-corrected chi connectivity index (χ0v) is 35.6. The van der Waals surface area contributed by atoms with E-state index in [9.17, 15) is 9.90 Å². The van der Waals surface area contributed by atoms with Gasteiger partial charge in [-0.15, -0.1) is 25.3 Å². The molecule has 0 fully saturated rings. The molecule has 0 unspecified atom stereocenters. The van der Waals surface area contributed by atoms with E-state index in [0.29, 0.717) is 0 Å². The fourth-order valence-corrected chi connectivity index (χ4v) is 8.58. The Bertz CT molecular complexity index is 2120. The topological polar surface area (TPSA) is 157 Å². The molecule has 0 atom stereocenters. The number of ether oxygens (including phenoxy) is 13. The van der Waals surface area contributed by atoms with Crippen molar-refractivity contribution in [1.29, 1.82) is 0 Å². The van der Waals surface area contributed by atoms with Crippen LogP contribution in [0, 0.1) is 0 Å². The van der Waals surface area contributed by atoms with Crippen molar-refractivity contribution in [3.05, 3.63) is 22.3 Å². The highest BCUT2D eigenvalue weighted by Gasteiger charge is 2.61. The van der Waals surface area contributed by atoms with Gasteiger partial charge in [-0.25, -0.2) is 0 Å². The van der Waals surface area contributed by atoms with Gasteiger partial charge in [0.25, 0.3) is 0 Å². The number of fused-ring (bicyclic) bond motifs is 6. The van der Waals surface area contributed by atoms with E-state index >= 15 is 0 Å². The highest BCUT2D eigenvalue weighted by molar-refractivity contribution is 7.80. The minimum absolute atomic E-state index is 0.0101. The maximum atomic E-state index is 14.8. The molecule has 306 valence electrons. The molecule has 3 aromatic rings. The van der Waals surface area contributed by atoms with Gasteiger partial charge in [-0.2, -0.15) is 0 Å².